The summed E-state index contributed by atoms with van der Waals surface area (Å²) in [7, 11) is 5.63. The molecule has 1 atom stereocenters. The molecule has 1 aromatic heterocycles. The van der Waals surface area contributed by atoms with Crippen molar-refractivity contribution in [3.63, 3.8) is 0 Å². The Kier molecular flexibility index (Phi) is 6.36. The number of benzene rings is 1. The molecule has 166 valence electrons. The number of hydrogen-bond acceptors (Lipinski definition) is 5. The summed E-state index contributed by atoms with van der Waals surface area (Å²) in [5.74, 6) is -1.03. The van der Waals surface area contributed by atoms with Gasteiger partial charge in [-0.1, -0.05) is 38.1 Å². The quantitative estimate of drug-likeness (QED) is 0.438. The number of hydrogen-bond donors (Lipinski definition) is 1. The predicted octanol–water partition coefficient (Wildman–Crippen LogP) is 3.14. The number of nitrogens with zero attached hydrogens (tertiary/aromatic N) is 4. The normalized spacial score (nSPS) is 18.6. The predicted molar refractivity (Wildman–Crippen MR) is 121 cm³/mol. The maximum atomic E-state index is 13.1. The molecule has 0 spiro atoms. The number of carbonyl (C=O) groups excluding carboxylic acids is 2. The monoisotopic (exact) mass is 424 g/mol. The van der Waals surface area contributed by atoms with Crippen molar-refractivity contribution in [2.75, 3.05) is 27.2 Å². The number of aliphatic hydroxyl groups is 1. The third kappa shape index (κ3) is 4.14. The highest BCUT2D eigenvalue weighted by atomic mass is 16.3. The third-order valence-electron chi connectivity index (χ3n) is 5.99. The first-order chi connectivity index (χ1) is 14.5. The van der Waals surface area contributed by atoms with Gasteiger partial charge in [-0.25, -0.2) is 0 Å². The molecule has 1 aliphatic heterocycles. The standard InChI is InChI=1S/C24H32N4O3/c1-14(2)17-8-10-18(11-9-17)21-20(22(29)19-15(3)25-27(7)16(19)4)23(30)24(31)28(21)13-12-26(5)6/h8-11,14,21,29H,12-13H2,1-7H3/b22-20+/t21-/m0/s1. The molecule has 7 heteroatoms. The van der Waals surface area contributed by atoms with Gasteiger partial charge in [-0.3, -0.25) is 14.3 Å². The molecule has 1 aromatic carbocycles. The third-order valence-corrected chi connectivity index (χ3v) is 5.99. The molecule has 31 heavy (non-hydrogen) atoms. The van der Waals surface area contributed by atoms with Crippen molar-refractivity contribution in [3.8, 4) is 0 Å². The van der Waals surface area contributed by atoms with Crippen LogP contribution in [0, 0.1) is 13.8 Å². The summed E-state index contributed by atoms with van der Waals surface area (Å²) in [5, 5.41) is 15.6. The minimum atomic E-state index is -0.656. The van der Waals surface area contributed by atoms with Gasteiger partial charge in [-0.2, -0.15) is 5.10 Å². The first kappa shape index (κ1) is 22.7. The first-order valence-corrected chi connectivity index (χ1v) is 10.6. The van der Waals surface area contributed by atoms with Gasteiger partial charge >= 0.3 is 0 Å². The molecule has 1 saturated heterocycles. The van der Waals surface area contributed by atoms with E-state index in [1.165, 1.54) is 5.56 Å². The van der Waals surface area contributed by atoms with Crippen LogP contribution in [0.25, 0.3) is 5.76 Å². The van der Waals surface area contributed by atoms with E-state index in [-0.39, 0.29) is 11.3 Å². The fourth-order valence-corrected chi connectivity index (χ4v) is 4.08. The molecule has 1 fully saturated rings. The van der Waals surface area contributed by atoms with E-state index >= 15 is 0 Å². The number of likely N-dealkylation sites (N-methyl/N-ethyl adjacent to an activating group) is 1. The number of rotatable bonds is 6. The van der Waals surface area contributed by atoms with E-state index in [2.05, 4.69) is 18.9 Å². The zero-order chi connectivity index (χ0) is 23.0. The number of aryl methyl sites for hydroxylation is 2. The number of amides is 1. The van der Waals surface area contributed by atoms with Crippen molar-refractivity contribution < 1.29 is 14.7 Å². The van der Waals surface area contributed by atoms with E-state index in [1.807, 2.05) is 50.2 Å². The van der Waals surface area contributed by atoms with Crippen molar-refractivity contribution >= 4 is 17.4 Å². The maximum absolute atomic E-state index is 13.1. The molecular formula is C24H32N4O3. The minimum Gasteiger partial charge on any atom is -0.507 e. The number of ketones is 1. The Hall–Kier alpha value is -2.93. The molecule has 1 aliphatic rings. The molecule has 1 N–H and O–H groups in total. The molecule has 1 amide bonds. The second kappa shape index (κ2) is 8.67. The molecule has 0 radical (unpaired) electrons. The van der Waals surface area contributed by atoms with Gasteiger partial charge < -0.3 is 14.9 Å². The summed E-state index contributed by atoms with van der Waals surface area (Å²) in [4.78, 5) is 29.6. The Bertz CT molecular complexity index is 1030. The van der Waals surface area contributed by atoms with E-state index in [1.54, 1.807) is 23.6 Å². The molecule has 0 saturated carbocycles. The van der Waals surface area contributed by atoms with Crippen LogP contribution < -0.4 is 0 Å². The average molecular weight is 425 g/mol. The van der Waals surface area contributed by atoms with Crippen molar-refractivity contribution in [1.29, 1.82) is 0 Å². The van der Waals surface area contributed by atoms with Crippen LogP contribution in [0.3, 0.4) is 0 Å². The Morgan fingerprint density at radius 1 is 1.16 bits per heavy atom. The molecule has 2 heterocycles. The summed E-state index contributed by atoms with van der Waals surface area (Å²) < 4.78 is 1.67. The van der Waals surface area contributed by atoms with Crippen LogP contribution in [-0.4, -0.2) is 63.6 Å². The fourth-order valence-electron chi connectivity index (χ4n) is 4.08. The van der Waals surface area contributed by atoms with Gasteiger partial charge in [0.2, 0.25) is 0 Å². The van der Waals surface area contributed by atoms with Crippen molar-refractivity contribution in [1.82, 2.24) is 19.6 Å². The first-order valence-electron chi connectivity index (χ1n) is 10.6. The van der Waals surface area contributed by atoms with Gasteiger partial charge in [0.05, 0.1) is 22.9 Å². The zero-order valence-electron chi connectivity index (χ0n) is 19.4. The van der Waals surface area contributed by atoms with E-state index < -0.39 is 17.7 Å². The van der Waals surface area contributed by atoms with Gasteiger partial charge in [0.1, 0.15) is 5.76 Å². The van der Waals surface area contributed by atoms with Crippen LogP contribution in [0.1, 0.15) is 53.9 Å². The highest BCUT2D eigenvalue weighted by Crippen LogP contribution is 2.40. The number of carbonyl (C=O) groups is 2. The number of Topliss-reactive ketones (excluding diaryl/α,β-unsaturated/α-hetero) is 1. The number of aromatic nitrogens is 2. The van der Waals surface area contributed by atoms with Gasteiger partial charge in [-0.15, -0.1) is 0 Å². The van der Waals surface area contributed by atoms with Crippen LogP contribution in [0.2, 0.25) is 0 Å². The van der Waals surface area contributed by atoms with Crippen LogP contribution in [-0.2, 0) is 16.6 Å². The lowest BCUT2D eigenvalue weighted by atomic mass is 9.93. The molecule has 3 rings (SSSR count). The highest BCUT2D eigenvalue weighted by molar-refractivity contribution is 6.46. The van der Waals surface area contributed by atoms with Crippen molar-refractivity contribution in [3.05, 3.63) is 57.9 Å². The van der Waals surface area contributed by atoms with Crippen molar-refractivity contribution in [2.45, 2.75) is 39.7 Å². The Labute approximate surface area is 184 Å². The van der Waals surface area contributed by atoms with E-state index in [0.717, 1.165) is 11.3 Å². The fraction of sp³-hybridized carbons (Fsp3) is 0.458. The lowest BCUT2D eigenvalue weighted by molar-refractivity contribution is -0.140. The molecule has 2 aromatic rings. The summed E-state index contributed by atoms with van der Waals surface area (Å²) >= 11 is 0. The second-order valence-electron chi connectivity index (χ2n) is 8.79. The zero-order valence-corrected chi connectivity index (χ0v) is 19.4. The number of likely N-dealkylation sites (tertiary alicyclic amines) is 1. The van der Waals surface area contributed by atoms with Crippen LogP contribution in [0.5, 0.6) is 0 Å². The summed E-state index contributed by atoms with van der Waals surface area (Å²) in [6.45, 7) is 8.85. The van der Waals surface area contributed by atoms with Crippen LogP contribution in [0.4, 0.5) is 0 Å². The van der Waals surface area contributed by atoms with Crippen LogP contribution >= 0.6 is 0 Å². The smallest absolute Gasteiger partial charge is 0.295 e. The topological polar surface area (TPSA) is 78.7 Å². The average Bonchev–Trinajstić information content (AvgIpc) is 3.11. The summed E-state index contributed by atoms with van der Waals surface area (Å²) in [6, 6.07) is 7.30. The van der Waals surface area contributed by atoms with Gasteiger partial charge in [0, 0.05) is 25.8 Å². The summed E-state index contributed by atoms with van der Waals surface area (Å²) in [5.41, 5.74) is 3.97. The second-order valence-corrected chi connectivity index (χ2v) is 8.79. The molecule has 7 nitrogen and oxygen atoms in total. The molecule has 0 unspecified atom stereocenters. The maximum Gasteiger partial charge on any atom is 0.295 e. The lowest BCUT2D eigenvalue weighted by Crippen LogP contribution is -2.35. The molecular weight excluding hydrogens is 392 g/mol. The molecule has 0 bridgehead atoms. The Balaban J connectivity index is 2.19. The van der Waals surface area contributed by atoms with Crippen LogP contribution in [0.15, 0.2) is 29.8 Å². The van der Waals surface area contributed by atoms with Gasteiger partial charge in [0.15, 0.2) is 0 Å². The minimum absolute atomic E-state index is 0.125. The molecule has 0 aliphatic carbocycles. The largest absolute Gasteiger partial charge is 0.507 e. The van der Waals surface area contributed by atoms with E-state index in [4.69, 9.17) is 0 Å². The Morgan fingerprint density at radius 3 is 2.26 bits per heavy atom. The lowest BCUT2D eigenvalue weighted by Gasteiger charge is -2.27. The van der Waals surface area contributed by atoms with E-state index in [9.17, 15) is 14.7 Å². The highest BCUT2D eigenvalue weighted by Gasteiger charge is 2.46. The SMILES string of the molecule is Cc1nn(C)c(C)c1/C(O)=C1\C(=O)C(=O)N(CCN(C)C)[C@H]1c1ccc(C(C)C)cc1. The van der Waals surface area contributed by atoms with Gasteiger partial charge in [0.25, 0.3) is 11.7 Å². The van der Waals surface area contributed by atoms with E-state index in [0.29, 0.717) is 30.3 Å². The Morgan fingerprint density at radius 2 is 1.77 bits per heavy atom. The summed E-state index contributed by atoms with van der Waals surface area (Å²) in [6.07, 6.45) is 0. The van der Waals surface area contributed by atoms with Gasteiger partial charge in [-0.05, 0) is 45.0 Å². The van der Waals surface area contributed by atoms with Crippen molar-refractivity contribution in [2.24, 2.45) is 7.05 Å². The number of aliphatic hydroxyl groups excluding tert-OH is 1.